The van der Waals surface area contributed by atoms with Gasteiger partial charge in [-0.25, -0.2) is 0 Å². The van der Waals surface area contributed by atoms with Gasteiger partial charge in [0.2, 0.25) is 0 Å². The number of hydrogen-bond acceptors (Lipinski definition) is 1. The van der Waals surface area contributed by atoms with Crippen LogP contribution in [-0.4, -0.2) is 45.9 Å². The standard InChI is InChI=1S/C16H25BrN2O/c1-3-18-8-10-19(11-9-18)7-4-12-20-16-6-5-14(2)13-15(16)17/h5-6,13H,3-4,7-12H2,1-2H3/p+2. The van der Waals surface area contributed by atoms with Crippen molar-refractivity contribution in [1.82, 2.24) is 0 Å². The third kappa shape index (κ3) is 4.76. The lowest BCUT2D eigenvalue weighted by Crippen LogP contribution is -3.28. The van der Waals surface area contributed by atoms with Gasteiger partial charge >= 0.3 is 0 Å². The van der Waals surface area contributed by atoms with E-state index in [1.165, 1.54) is 44.8 Å². The highest BCUT2D eigenvalue weighted by Gasteiger charge is 2.20. The fourth-order valence-electron chi connectivity index (χ4n) is 2.79. The topological polar surface area (TPSA) is 18.1 Å². The van der Waals surface area contributed by atoms with E-state index in [1.807, 2.05) is 0 Å². The average Bonchev–Trinajstić information content (AvgIpc) is 2.46. The third-order valence-electron chi connectivity index (χ3n) is 4.18. The van der Waals surface area contributed by atoms with Crippen molar-refractivity contribution < 1.29 is 14.5 Å². The minimum atomic E-state index is 0.815. The van der Waals surface area contributed by atoms with Gasteiger partial charge in [0.05, 0.1) is 24.2 Å². The summed E-state index contributed by atoms with van der Waals surface area (Å²) in [5, 5.41) is 0. The minimum absolute atomic E-state index is 0.815. The first-order valence-corrected chi connectivity index (χ1v) is 8.54. The molecule has 1 saturated heterocycles. The Bertz CT molecular complexity index is 417. The highest BCUT2D eigenvalue weighted by Crippen LogP contribution is 2.25. The van der Waals surface area contributed by atoms with E-state index in [9.17, 15) is 0 Å². The molecule has 1 aliphatic heterocycles. The van der Waals surface area contributed by atoms with Crippen LogP contribution in [0.2, 0.25) is 0 Å². The van der Waals surface area contributed by atoms with E-state index in [0.29, 0.717) is 0 Å². The van der Waals surface area contributed by atoms with Crippen molar-refractivity contribution in [3.63, 3.8) is 0 Å². The molecule has 0 radical (unpaired) electrons. The zero-order valence-corrected chi connectivity index (χ0v) is 14.3. The van der Waals surface area contributed by atoms with Crippen LogP contribution in [0, 0.1) is 6.92 Å². The number of hydrogen-bond donors (Lipinski definition) is 2. The van der Waals surface area contributed by atoms with Crippen molar-refractivity contribution in [3.05, 3.63) is 28.2 Å². The van der Waals surface area contributed by atoms with Crippen molar-refractivity contribution in [1.29, 1.82) is 0 Å². The maximum atomic E-state index is 5.86. The smallest absolute Gasteiger partial charge is 0.133 e. The number of aryl methyl sites for hydroxylation is 1. The molecule has 3 nitrogen and oxygen atoms in total. The van der Waals surface area contributed by atoms with E-state index in [4.69, 9.17) is 4.74 Å². The first-order valence-electron chi connectivity index (χ1n) is 7.75. The van der Waals surface area contributed by atoms with Crippen molar-refractivity contribution in [2.24, 2.45) is 0 Å². The number of rotatable bonds is 6. The predicted octanol–water partition coefficient (Wildman–Crippen LogP) is 0.330. The van der Waals surface area contributed by atoms with Crippen LogP contribution in [0.15, 0.2) is 22.7 Å². The summed E-state index contributed by atoms with van der Waals surface area (Å²) in [5.41, 5.74) is 1.25. The normalized spacial score (nSPS) is 22.8. The molecule has 0 bridgehead atoms. The molecule has 0 aliphatic carbocycles. The molecular formula is C16H27BrN2O+2. The Labute approximate surface area is 131 Å². The monoisotopic (exact) mass is 342 g/mol. The molecule has 1 heterocycles. The average molecular weight is 343 g/mol. The first-order chi connectivity index (χ1) is 9.69. The number of ether oxygens (including phenoxy) is 1. The van der Waals surface area contributed by atoms with Crippen molar-refractivity contribution in [2.75, 3.05) is 45.9 Å². The number of benzene rings is 1. The second-order valence-electron chi connectivity index (χ2n) is 5.74. The zero-order chi connectivity index (χ0) is 14.4. The fraction of sp³-hybridized carbons (Fsp3) is 0.625. The van der Waals surface area contributed by atoms with E-state index in [1.54, 1.807) is 9.80 Å². The summed E-state index contributed by atoms with van der Waals surface area (Å²) in [6, 6.07) is 6.25. The summed E-state index contributed by atoms with van der Waals surface area (Å²) >= 11 is 3.56. The Hall–Kier alpha value is -0.580. The lowest BCUT2D eigenvalue weighted by Gasteiger charge is -2.28. The molecule has 1 aromatic carbocycles. The van der Waals surface area contributed by atoms with Crippen LogP contribution in [0.1, 0.15) is 18.9 Å². The molecule has 1 fully saturated rings. The van der Waals surface area contributed by atoms with Gasteiger partial charge in [0, 0.05) is 6.42 Å². The zero-order valence-electron chi connectivity index (χ0n) is 12.7. The second kappa shape index (κ2) is 8.01. The molecule has 4 heteroatoms. The first kappa shape index (κ1) is 15.8. The van der Waals surface area contributed by atoms with Crippen molar-refractivity contribution >= 4 is 15.9 Å². The maximum absolute atomic E-state index is 5.86. The highest BCUT2D eigenvalue weighted by atomic mass is 79.9. The Balaban J connectivity index is 1.64. The number of nitrogens with one attached hydrogen (secondary N) is 2. The molecule has 0 aromatic heterocycles. The van der Waals surface area contributed by atoms with Crippen molar-refractivity contribution in [2.45, 2.75) is 20.3 Å². The van der Waals surface area contributed by atoms with E-state index in [0.717, 1.165) is 23.2 Å². The molecule has 112 valence electrons. The summed E-state index contributed by atoms with van der Waals surface area (Å²) < 4.78 is 6.92. The maximum Gasteiger partial charge on any atom is 0.133 e. The molecule has 0 amide bonds. The van der Waals surface area contributed by atoms with Gasteiger partial charge in [0.15, 0.2) is 0 Å². The molecular weight excluding hydrogens is 316 g/mol. The van der Waals surface area contributed by atoms with Crippen molar-refractivity contribution in [3.8, 4) is 5.75 Å². The summed E-state index contributed by atoms with van der Waals surface area (Å²) in [4.78, 5) is 3.50. The van der Waals surface area contributed by atoms with Gasteiger partial charge in [-0.1, -0.05) is 6.07 Å². The SMILES string of the molecule is CC[NH+]1CC[NH+](CCCOc2ccc(C)cc2Br)CC1. The summed E-state index contributed by atoms with van der Waals surface area (Å²) in [6.07, 6.45) is 1.14. The van der Waals surface area contributed by atoms with Gasteiger partial charge < -0.3 is 14.5 Å². The Morgan fingerprint density at radius 3 is 2.50 bits per heavy atom. The summed E-state index contributed by atoms with van der Waals surface area (Å²) in [5.74, 6) is 0.964. The summed E-state index contributed by atoms with van der Waals surface area (Å²) in [6.45, 7) is 13.0. The van der Waals surface area contributed by atoms with E-state index >= 15 is 0 Å². The van der Waals surface area contributed by atoms with Crippen LogP contribution >= 0.6 is 15.9 Å². The Kier molecular flexibility index (Phi) is 6.33. The van der Waals surface area contributed by atoms with Crippen LogP contribution < -0.4 is 14.5 Å². The quantitative estimate of drug-likeness (QED) is 0.713. The molecule has 2 rings (SSSR count). The third-order valence-corrected chi connectivity index (χ3v) is 4.80. The van der Waals surface area contributed by atoms with Crippen LogP contribution in [0.4, 0.5) is 0 Å². The number of halogens is 1. The van der Waals surface area contributed by atoms with Crippen LogP contribution in [0.3, 0.4) is 0 Å². The second-order valence-corrected chi connectivity index (χ2v) is 6.59. The van der Waals surface area contributed by atoms with Crippen LogP contribution in [0.5, 0.6) is 5.75 Å². The van der Waals surface area contributed by atoms with E-state index in [-0.39, 0.29) is 0 Å². The number of quaternary nitrogens is 2. The number of piperazine rings is 1. The van der Waals surface area contributed by atoms with Gasteiger partial charge in [0.1, 0.15) is 31.9 Å². The summed E-state index contributed by atoms with van der Waals surface area (Å²) in [7, 11) is 0. The molecule has 0 saturated carbocycles. The molecule has 0 unspecified atom stereocenters. The van der Waals surface area contributed by atoms with Crippen LogP contribution in [-0.2, 0) is 0 Å². The van der Waals surface area contributed by atoms with E-state index < -0.39 is 0 Å². The molecule has 1 aliphatic rings. The number of likely N-dealkylation sites (N-methyl/N-ethyl adjacent to an activating group) is 1. The molecule has 2 N–H and O–H groups in total. The molecule has 0 spiro atoms. The molecule has 0 atom stereocenters. The molecule has 20 heavy (non-hydrogen) atoms. The van der Waals surface area contributed by atoms with Gasteiger partial charge in [0.25, 0.3) is 0 Å². The Morgan fingerprint density at radius 2 is 1.85 bits per heavy atom. The Morgan fingerprint density at radius 1 is 1.15 bits per heavy atom. The van der Waals surface area contributed by atoms with Gasteiger partial charge in [-0.05, 0) is 47.5 Å². The van der Waals surface area contributed by atoms with E-state index in [2.05, 4.69) is 48.0 Å². The fourth-order valence-corrected chi connectivity index (χ4v) is 3.40. The molecule has 1 aromatic rings. The lowest BCUT2D eigenvalue weighted by molar-refractivity contribution is -1.01. The van der Waals surface area contributed by atoms with Gasteiger partial charge in [-0.3, -0.25) is 0 Å². The highest BCUT2D eigenvalue weighted by molar-refractivity contribution is 9.10. The van der Waals surface area contributed by atoms with Crippen LogP contribution in [0.25, 0.3) is 0 Å². The van der Waals surface area contributed by atoms with Gasteiger partial charge in [-0.2, -0.15) is 0 Å². The lowest BCUT2D eigenvalue weighted by atomic mass is 10.2. The minimum Gasteiger partial charge on any atom is -0.492 e. The largest absolute Gasteiger partial charge is 0.492 e. The predicted molar refractivity (Wildman–Crippen MR) is 85.8 cm³/mol. The van der Waals surface area contributed by atoms with Gasteiger partial charge in [-0.15, -0.1) is 0 Å².